The van der Waals surface area contributed by atoms with Gasteiger partial charge >= 0.3 is 0 Å². The van der Waals surface area contributed by atoms with E-state index >= 15 is 0 Å². The summed E-state index contributed by atoms with van der Waals surface area (Å²) >= 11 is 0. The first-order valence-corrected chi connectivity index (χ1v) is 15.9. The molecular weight excluding hydrogens is 556 g/mol. The first-order chi connectivity index (χ1) is 21.5. The lowest BCUT2D eigenvalue weighted by molar-refractivity contribution is -0.0692. The van der Waals surface area contributed by atoms with Crippen molar-refractivity contribution in [1.29, 1.82) is 0 Å². The standard InChI is InChI=1S/C41H38O4/c1-27(43)31-6-14-35(15-7-31)39-21-38(34-12-4-30(20-42)5-13-34)22-40(24-39,36-16-8-32(9-17-36)28(2)44)26-41(23-38,25-39)37-18-10-33(11-19-37)29(3)45/h4-20H,21-26H2,1-3H3. The van der Waals surface area contributed by atoms with E-state index < -0.39 is 0 Å². The maximum Gasteiger partial charge on any atom is 0.159 e. The molecule has 4 aromatic rings. The number of benzene rings is 4. The number of Topliss-reactive ketones (excluding diaryl/α,β-unsaturated/α-hetero) is 3. The third-order valence-electron chi connectivity index (χ3n) is 11.4. The minimum atomic E-state index is -0.175. The van der Waals surface area contributed by atoms with E-state index in [0.717, 1.165) is 44.8 Å². The number of ketones is 3. The lowest BCUT2D eigenvalue weighted by Gasteiger charge is -2.71. The van der Waals surface area contributed by atoms with Crippen LogP contribution in [0.5, 0.6) is 0 Å². The van der Waals surface area contributed by atoms with E-state index in [4.69, 9.17) is 0 Å². The van der Waals surface area contributed by atoms with Gasteiger partial charge in [-0.15, -0.1) is 0 Å². The molecule has 4 saturated carbocycles. The van der Waals surface area contributed by atoms with E-state index in [-0.39, 0.29) is 39.0 Å². The van der Waals surface area contributed by atoms with Gasteiger partial charge in [0.25, 0.3) is 0 Å². The highest BCUT2D eigenvalue weighted by Gasteiger charge is 2.69. The van der Waals surface area contributed by atoms with Crippen LogP contribution in [0.25, 0.3) is 0 Å². The van der Waals surface area contributed by atoms with Crippen molar-refractivity contribution in [2.24, 2.45) is 0 Å². The highest BCUT2D eigenvalue weighted by Crippen LogP contribution is 2.74. The van der Waals surface area contributed by atoms with E-state index in [9.17, 15) is 19.2 Å². The normalized spacial score (nSPS) is 28.1. The van der Waals surface area contributed by atoms with Crippen molar-refractivity contribution < 1.29 is 19.2 Å². The molecule has 0 heterocycles. The zero-order valence-corrected chi connectivity index (χ0v) is 26.2. The molecule has 0 radical (unpaired) electrons. The summed E-state index contributed by atoms with van der Waals surface area (Å²) in [6, 6.07) is 33.1. The quantitative estimate of drug-likeness (QED) is 0.151. The fourth-order valence-corrected chi connectivity index (χ4v) is 9.95. The van der Waals surface area contributed by atoms with Gasteiger partial charge in [-0.2, -0.15) is 0 Å². The summed E-state index contributed by atoms with van der Waals surface area (Å²) in [5.41, 5.74) is 7.15. The maximum atomic E-state index is 12.2. The molecule has 0 atom stereocenters. The topological polar surface area (TPSA) is 68.3 Å². The van der Waals surface area contributed by atoms with E-state index in [0.29, 0.717) is 22.3 Å². The predicted molar refractivity (Wildman–Crippen MR) is 176 cm³/mol. The van der Waals surface area contributed by atoms with Crippen LogP contribution in [0.3, 0.4) is 0 Å². The summed E-state index contributed by atoms with van der Waals surface area (Å²) < 4.78 is 0. The van der Waals surface area contributed by atoms with Crippen LogP contribution in [0.1, 0.15) is 123 Å². The Morgan fingerprint density at radius 2 is 0.644 bits per heavy atom. The van der Waals surface area contributed by atoms with Crippen molar-refractivity contribution in [1.82, 2.24) is 0 Å². The Balaban J connectivity index is 1.48. The Bertz CT molecular complexity index is 1640. The van der Waals surface area contributed by atoms with Crippen LogP contribution in [0, 0.1) is 0 Å². The van der Waals surface area contributed by atoms with Gasteiger partial charge in [0.2, 0.25) is 0 Å². The second-order valence-corrected chi connectivity index (χ2v) is 14.3. The largest absolute Gasteiger partial charge is 0.298 e. The SMILES string of the molecule is CC(=O)c1ccc(C23CC4(c5ccc(C=O)cc5)CC(c5ccc(C(C)=O)cc5)(C2)CC(c2ccc(C(C)=O)cc2)(C4)C3)cc1. The predicted octanol–water partition coefficient (Wildman–Crippen LogP) is 8.54. The molecule has 0 saturated heterocycles. The Labute approximate surface area is 264 Å². The highest BCUT2D eigenvalue weighted by molar-refractivity contribution is 5.95. The molecule has 4 nitrogen and oxygen atoms in total. The van der Waals surface area contributed by atoms with Gasteiger partial charge in [-0.3, -0.25) is 19.2 Å². The summed E-state index contributed by atoms with van der Waals surface area (Å²) in [6.07, 6.45) is 6.74. The number of rotatable bonds is 8. The third-order valence-corrected chi connectivity index (χ3v) is 11.4. The first kappa shape index (κ1) is 29.3. The molecule has 4 aromatic carbocycles. The molecule has 0 unspecified atom stereocenters. The summed E-state index contributed by atoms with van der Waals surface area (Å²) in [5, 5.41) is 0. The molecule has 0 N–H and O–H groups in total. The van der Waals surface area contributed by atoms with Crippen LogP contribution >= 0.6 is 0 Å². The molecule has 0 spiro atoms. The molecule has 0 aliphatic heterocycles. The molecule has 4 aliphatic carbocycles. The Kier molecular flexibility index (Phi) is 6.70. The molecular formula is C41H38O4. The lowest BCUT2D eigenvalue weighted by Crippen LogP contribution is -2.67. The van der Waals surface area contributed by atoms with Gasteiger partial charge in [0, 0.05) is 22.3 Å². The smallest absolute Gasteiger partial charge is 0.159 e. The number of aldehydes is 1. The van der Waals surface area contributed by atoms with Gasteiger partial charge in [0.05, 0.1) is 0 Å². The van der Waals surface area contributed by atoms with E-state index in [1.165, 1.54) is 22.3 Å². The molecule has 0 amide bonds. The molecule has 4 heteroatoms. The zero-order chi connectivity index (χ0) is 31.6. The number of carbonyl (C=O) groups excluding carboxylic acids is 4. The van der Waals surface area contributed by atoms with Crippen LogP contribution in [0.2, 0.25) is 0 Å². The Hall–Kier alpha value is -4.44. The van der Waals surface area contributed by atoms with Gasteiger partial charge in [0.1, 0.15) is 6.29 Å². The molecule has 4 aliphatic rings. The van der Waals surface area contributed by atoms with Crippen LogP contribution in [-0.4, -0.2) is 23.6 Å². The minimum absolute atomic E-state index is 0.0582. The maximum absolute atomic E-state index is 12.2. The van der Waals surface area contributed by atoms with Gasteiger partial charge in [-0.1, -0.05) is 97.1 Å². The summed E-state index contributed by atoms with van der Waals surface area (Å²) in [5.74, 6) is 0.175. The van der Waals surface area contributed by atoms with Crippen molar-refractivity contribution in [3.8, 4) is 0 Å². The van der Waals surface area contributed by atoms with Crippen molar-refractivity contribution in [2.75, 3.05) is 0 Å². The molecule has 226 valence electrons. The molecule has 45 heavy (non-hydrogen) atoms. The average Bonchev–Trinajstić information content (AvgIpc) is 3.04. The summed E-state index contributed by atoms with van der Waals surface area (Å²) in [4.78, 5) is 48.4. The van der Waals surface area contributed by atoms with Gasteiger partial charge in [-0.05, 0) is 103 Å². The summed E-state index contributed by atoms with van der Waals surface area (Å²) in [6.45, 7) is 4.82. The molecule has 4 bridgehead atoms. The highest BCUT2D eigenvalue weighted by atomic mass is 16.1. The van der Waals surface area contributed by atoms with Gasteiger partial charge < -0.3 is 0 Å². The van der Waals surface area contributed by atoms with E-state index in [1.54, 1.807) is 20.8 Å². The fourth-order valence-electron chi connectivity index (χ4n) is 9.95. The monoisotopic (exact) mass is 594 g/mol. The molecule has 8 rings (SSSR count). The average molecular weight is 595 g/mol. The van der Waals surface area contributed by atoms with E-state index in [1.807, 2.05) is 48.5 Å². The molecule has 4 fully saturated rings. The van der Waals surface area contributed by atoms with Crippen LogP contribution in [0.15, 0.2) is 97.1 Å². The third kappa shape index (κ3) is 4.65. The van der Waals surface area contributed by atoms with E-state index in [2.05, 4.69) is 48.5 Å². The van der Waals surface area contributed by atoms with Crippen LogP contribution < -0.4 is 0 Å². The zero-order valence-electron chi connectivity index (χ0n) is 26.2. The second-order valence-electron chi connectivity index (χ2n) is 14.3. The van der Waals surface area contributed by atoms with Crippen LogP contribution in [0.4, 0.5) is 0 Å². The van der Waals surface area contributed by atoms with Crippen LogP contribution in [-0.2, 0) is 21.7 Å². The fraction of sp³-hybridized carbons (Fsp3) is 0.317. The van der Waals surface area contributed by atoms with Gasteiger partial charge in [-0.25, -0.2) is 0 Å². The molecule has 0 aromatic heterocycles. The lowest BCUT2D eigenvalue weighted by atomic mass is 9.32. The van der Waals surface area contributed by atoms with Gasteiger partial charge in [0.15, 0.2) is 17.3 Å². The van der Waals surface area contributed by atoms with Crippen molar-refractivity contribution in [3.05, 3.63) is 142 Å². The van der Waals surface area contributed by atoms with Crippen molar-refractivity contribution in [3.63, 3.8) is 0 Å². The van der Waals surface area contributed by atoms with Crippen molar-refractivity contribution >= 4 is 23.6 Å². The Morgan fingerprint density at radius 3 is 0.844 bits per heavy atom. The number of hydrogen-bond acceptors (Lipinski definition) is 4. The first-order valence-electron chi connectivity index (χ1n) is 15.9. The second kappa shape index (κ2) is 10.3. The van der Waals surface area contributed by atoms with Crippen molar-refractivity contribution in [2.45, 2.75) is 81.0 Å². The Morgan fingerprint density at radius 1 is 0.422 bits per heavy atom. The number of carbonyl (C=O) groups is 4. The summed E-state index contributed by atoms with van der Waals surface area (Å²) in [7, 11) is 0. The minimum Gasteiger partial charge on any atom is -0.298 e. The number of hydrogen-bond donors (Lipinski definition) is 0.